The number of fused-ring (bicyclic) bond motifs is 15. The molecule has 2 aliphatic carbocycles. The average Bonchev–Trinajstić information content (AvgIpc) is 1.57. The van der Waals surface area contributed by atoms with Crippen LogP contribution in [0.2, 0.25) is 0 Å². The summed E-state index contributed by atoms with van der Waals surface area (Å²) in [7, 11) is 4.34. The van der Waals surface area contributed by atoms with Crippen LogP contribution < -0.4 is 10.2 Å². The zero-order chi connectivity index (χ0) is 70.2. The van der Waals surface area contributed by atoms with Gasteiger partial charge in [-0.3, -0.25) is 0 Å². The fraction of sp³-hybridized carbons (Fsp3) is 0.0667. The third-order valence-electron chi connectivity index (χ3n) is 19.5. The van der Waals surface area contributed by atoms with Gasteiger partial charge in [0.05, 0.1) is 10.2 Å². The van der Waals surface area contributed by atoms with Crippen molar-refractivity contribution in [1.82, 2.24) is 0 Å². The van der Waals surface area contributed by atoms with E-state index in [9.17, 15) is 15.3 Å². The Balaban J connectivity index is 0.000000119. The van der Waals surface area contributed by atoms with Crippen molar-refractivity contribution >= 4 is 131 Å². The number of nitrogens with zero attached hydrogens (tertiary/aromatic N) is 2. The van der Waals surface area contributed by atoms with Gasteiger partial charge in [0.2, 0.25) is 0 Å². The predicted molar refractivity (Wildman–Crippen MR) is 428 cm³/mol. The number of thiol groups is 1. The Kier molecular flexibility index (Phi) is 18.0. The van der Waals surface area contributed by atoms with Gasteiger partial charge in [-0.1, -0.05) is 240 Å². The molecule has 9 nitrogen and oxygen atoms in total. The molecule has 2 aliphatic rings. The maximum atomic E-state index is 11.8. The van der Waals surface area contributed by atoms with Crippen LogP contribution in [-0.4, -0.2) is 23.0 Å². The summed E-state index contributed by atoms with van der Waals surface area (Å²) in [5, 5.41) is 40.6. The molecule has 3 aromatic heterocycles. The molecule has 102 heavy (non-hydrogen) atoms. The van der Waals surface area contributed by atoms with Gasteiger partial charge < -0.3 is 38.8 Å². The van der Waals surface area contributed by atoms with E-state index in [0.29, 0.717) is 26.9 Å². The summed E-state index contributed by atoms with van der Waals surface area (Å²) in [6.45, 7) is 9.21. The summed E-state index contributed by atoms with van der Waals surface area (Å²) in [5.74, 6) is 0.473. The van der Waals surface area contributed by atoms with Crippen molar-refractivity contribution in [3.63, 3.8) is 0 Å². The second-order valence-corrected chi connectivity index (χ2v) is 27.4. The van der Waals surface area contributed by atoms with Gasteiger partial charge in [0.1, 0.15) is 16.7 Å². The number of halogens is 1. The fourth-order valence-electron chi connectivity index (χ4n) is 14.4. The van der Waals surface area contributed by atoms with Crippen molar-refractivity contribution in [3.05, 3.63) is 336 Å². The first-order valence-corrected chi connectivity index (χ1v) is 34.8. The number of furan rings is 3. The third-order valence-corrected chi connectivity index (χ3v) is 20.2. The molecule has 0 saturated carbocycles. The molecular formula is C90H68BBrN3O6S. The van der Waals surface area contributed by atoms with E-state index in [-0.39, 0.29) is 28.1 Å². The standard InChI is InChI=1S/C39H29NO2.C27H23N.C12H7BrO2.C12H8O2.BHNS/c1-39(2)33-14-8-6-12-29(33)30-21-20-28(24-34(30)39)40(27-18-16-26(17-19-27)25-10-4-3-5-11-25)35-23-22-32-31-13-7-9-15-36(31)42-38(32)37(35)41;1-27(2)25-11-7-6-10-23(25)24-17-16-22(18-26(24)27)28-21-14-12-20(13-15-21)19-8-4-3-5-9-19;13-9-6-5-8-7-3-1-2-4-10(7)15-12(8)11(9)14;13-10-6-3-5-9-8-4-1-2-7-11(8)14-12(9)10;1-2-3/h3-24,41H,1-2H3;3-18,28H,1-2H3;1-6,14H;1-7,13H;3H. The Morgan fingerprint density at radius 3 is 1.30 bits per heavy atom. The Bertz CT molecular complexity index is 5970. The number of nitrogens with one attached hydrogen (secondary N) is 1. The molecule has 0 amide bonds. The topological polar surface area (TPSA) is 128 Å². The number of hydrogen-bond acceptors (Lipinski definition) is 10. The number of phenols is 3. The summed E-state index contributed by atoms with van der Waals surface area (Å²) in [6, 6.07) is 105. The van der Waals surface area contributed by atoms with E-state index in [1.807, 2.05) is 115 Å². The Morgan fingerprint density at radius 1 is 0.363 bits per heavy atom. The molecular weight excluding hydrogens is 1340 g/mol. The summed E-state index contributed by atoms with van der Waals surface area (Å²) < 4.78 is 20.7. The monoisotopic (exact) mass is 1410 g/mol. The molecule has 4 N–H and O–H groups in total. The minimum atomic E-state index is -0.143. The molecule has 0 spiro atoms. The molecule has 12 heteroatoms. The first-order chi connectivity index (χ1) is 49.7. The number of benzene rings is 14. The average molecular weight is 1410 g/mol. The zero-order valence-corrected chi connectivity index (χ0v) is 58.8. The molecule has 1 radical (unpaired) electrons. The second kappa shape index (κ2) is 27.7. The molecule has 0 atom stereocenters. The summed E-state index contributed by atoms with van der Waals surface area (Å²) in [5.41, 5.74) is 24.1. The van der Waals surface area contributed by atoms with Crippen LogP contribution >= 0.6 is 28.7 Å². The maximum absolute atomic E-state index is 11.8. The zero-order valence-electron chi connectivity index (χ0n) is 56.3. The van der Waals surface area contributed by atoms with Gasteiger partial charge in [-0.25, -0.2) is 0 Å². The van der Waals surface area contributed by atoms with Crippen molar-refractivity contribution in [2.75, 3.05) is 10.2 Å². The van der Waals surface area contributed by atoms with Crippen LogP contribution in [0.15, 0.2) is 331 Å². The number of anilines is 5. The molecule has 0 aliphatic heterocycles. The molecule has 17 aromatic rings. The molecule has 3 heterocycles. The van der Waals surface area contributed by atoms with Crippen molar-refractivity contribution in [2.45, 2.75) is 38.5 Å². The third kappa shape index (κ3) is 12.3. The van der Waals surface area contributed by atoms with Gasteiger partial charge >= 0.3 is 24.8 Å². The first-order valence-electron chi connectivity index (χ1n) is 33.6. The van der Waals surface area contributed by atoms with Crippen LogP contribution in [0.5, 0.6) is 17.2 Å². The van der Waals surface area contributed by atoms with Crippen LogP contribution in [0.25, 0.3) is 110 Å². The normalized spacial score (nSPS) is 12.5. The van der Waals surface area contributed by atoms with Gasteiger partial charge in [-0.05, 0) is 180 Å². The van der Waals surface area contributed by atoms with Crippen molar-refractivity contribution < 1.29 is 28.6 Å². The fourth-order valence-corrected chi connectivity index (χ4v) is 14.8. The van der Waals surface area contributed by atoms with Crippen LogP contribution in [0.1, 0.15) is 49.9 Å². The summed E-state index contributed by atoms with van der Waals surface area (Å²) in [6.07, 6.45) is 0. The van der Waals surface area contributed by atoms with Crippen LogP contribution in [0.4, 0.5) is 28.4 Å². The molecule has 0 saturated heterocycles. The number of phenolic OH excluding ortho intramolecular Hbond substituents is 3. The van der Waals surface area contributed by atoms with Gasteiger partial charge in [-0.15, -0.1) is 0 Å². The Morgan fingerprint density at radius 2 is 0.755 bits per heavy atom. The molecule has 0 bridgehead atoms. The summed E-state index contributed by atoms with van der Waals surface area (Å²) >= 11 is 6.45. The van der Waals surface area contributed by atoms with Gasteiger partial charge in [0.15, 0.2) is 34.0 Å². The van der Waals surface area contributed by atoms with E-state index in [2.05, 4.69) is 267 Å². The molecule has 0 unspecified atom stereocenters. The molecule has 14 aromatic carbocycles. The quantitative estimate of drug-likeness (QED) is 0.0789. The SMILES string of the molecule is CC1(C)c2ccccc2-c2ccc(N(c3ccc(-c4ccccc4)cc3)c3ccc4c(oc5ccccc54)c3O)cc21.CC1(C)c2ccccc2-c2ccc(Nc3ccc(-c4ccccc4)cc3)cc21.Oc1c(Br)ccc2c1oc1ccccc12.Oc1cccc2c1oc1ccccc12.[B]=NS. The predicted octanol–water partition coefficient (Wildman–Crippen LogP) is 25.7. The molecule has 19 rings (SSSR count). The first kappa shape index (κ1) is 66.1. The van der Waals surface area contributed by atoms with E-state index in [1.54, 1.807) is 6.07 Å². The molecule has 0 fully saturated rings. The molecule has 495 valence electrons. The van der Waals surface area contributed by atoms with E-state index >= 15 is 0 Å². The van der Waals surface area contributed by atoms with Crippen LogP contribution in [-0.2, 0) is 10.8 Å². The number of aromatic hydroxyl groups is 3. The van der Waals surface area contributed by atoms with Crippen molar-refractivity contribution in [2.24, 2.45) is 4.30 Å². The number of hydrogen-bond donors (Lipinski definition) is 5. The van der Waals surface area contributed by atoms with E-state index in [4.69, 9.17) is 13.3 Å². The summed E-state index contributed by atoms with van der Waals surface area (Å²) in [4.78, 5) is 2.13. The van der Waals surface area contributed by atoms with Crippen molar-refractivity contribution in [1.29, 1.82) is 0 Å². The van der Waals surface area contributed by atoms with Gasteiger partial charge in [0.25, 0.3) is 0 Å². The Hall–Kier alpha value is -11.8. The van der Waals surface area contributed by atoms with Gasteiger partial charge in [-0.2, -0.15) is 0 Å². The minimum absolute atomic E-state index is 0.0286. The second-order valence-electron chi connectivity index (χ2n) is 26.3. The van der Waals surface area contributed by atoms with E-state index in [0.717, 1.165) is 77.4 Å². The Labute approximate surface area is 606 Å². The van der Waals surface area contributed by atoms with Crippen molar-refractivity contribution in [3.8, 4) is 61.8 Å². The van der Waals surface area contributed by atoms with Crippen LogP contribution in [0, 0.1) is 0 Å². The van der Waals surface area contributed by atoms with Gasteiger partial charge in [0, 0.05) is 65.9 Å². The van der Waals surface area contributed by atoms with Crippen LogP contribution in [0.3, 0.4) is 0 Å². The van der Waals surface area contributed by atoms with E-state index in [1.165, 1.54) is 61.2 Å². The number of rotatable bonds is 7. The number of para-hydroxylation sites is 4. The van der Waals surface area contributed by atoms with E-state index < -0.39 is 0 Å².